The Morgan fingerprint density at radius 3 is 2.38 bits per heavy atom. The second-order valence-corrected chi connectivity index (χ2v) is 5.23. The van der Waals surface area contributed by atoms with E-state index in [9.17, 15) is 4.79 Å². The number of rotatable bonds is 2. The van der Waals surface area contributed by atoms with Crippen LogP contribution >= 0.6 is 11.6 Å². The molecule has 1 N–H and O–H groups in total. The van der Waals surface area contributed by atoms with E-state index in [0.29, 0.717) is 5.92 Å². The van der Waals surface area contributed by atoms with Crippen LogP contribution in [0.2, 0.25) is 0 Å². The molecular formula is C13H17ClO2. The van der Waals surface area contributed by atoms with E-state index < -0.39 is 5.97 Å². The fourth-order valence-corrected chi connectivity index (χ4v) is 2.84. The molecule has 0 aromatic heterocycles. The van der Waals surface area contributed by atoms with Gasteiger partial charge in [0.2, 0.25) is 0 Å². The summed E-state index contributed by atoms with van der Waals surface area (Å²) >= 11 is 5.92. The van der Waals surface area contributed by atoms with Gasteiger partial charge >= 0.3 is 5.97 Å². The molecule has 0 aliphatic heterocycles. The van der Waals surface area contributed by atoms with E-state index in [0.717, 1.165) is 43.6 Å². The van der Waals surface area contributed by atoms with E-state index >= 15 is 0 Å². The average Bonchev–Trinajstić information content (AvgIpc) is 2.30. The predicted octanol–water partition coefficient (Wildman–Crippen LogP) is 3.72. The Kier molecular flexibility index (Phi) is 3.70. The summed E-state index contributed by atoms with van der Waals surface area (Å²) in [5, 5.41) is 9.86. The maximum absolute atomic E-state index is 10.8. The van der Waals surface area contributed by atoms with Crippen molar-refractivity contribution in [2.75, 3.05) is 0 Å². The van der Waals surface area contributed by atoms with Crippen LogP contribution < -0.4 is 0 Å². The number of allylic oxidation sites excluding steroid dienone is 4. The number of halogens is 1. The number of carboxylic acids is 1. The fraction of sp³-hybridized carbons (Fsp3) is 0.615. The van der Waals surface area contributed by atoms with Gasteiger partial charge in [-0.3, -0.25) is 4.79 Å². The Hall–Kier alpha value is -0.760. The predicted molar refractivity (Wildman–Crippen MR) is 64.3 cm³/mol. The Bertz CT molecular complexity index is 336. The number of carboxylic acid groups (broad SMARTS) is 1. The molecule has 0 unspecified atom stereocenters. The molecule has 2 aliphatic rings. The molecule has 2 rings (SSSR count). The summed E-state index contributed by atoms with van der Waals surface area (Å²) in [7, 11) is 0. The van der Waals surface area contributed by atoms with Gasteiger partial charge in [-0.2, -0.15) is 0 Å². The lowest BCUT2D eigenvalue weighted by molar-refractivity contribution is -0.143. The molecule has 3 heteroatoms. The Labute approximate surface area is 101 Å². The third-order valence-electron chi connectivity index (χ3n) is 3.73. The molecule has 0 amide bonds. The second kappa shape index (κ2) is 5.05. The number of hydrogen-bond donors (Lipinski definition) is 1. The first kappa shape index (κ1) is 11.7. The van der Waals surface area contributed by atoms with Crippen LogP contribution in [0.4, 0.5) is 0 Å². The largest absolute Gasteiger partial charge is 0.481 e. The van der Waals surface area contributed by atoms with Gasteiger partial charge in [0.1, 0.15) is 0 Å². The maximum Gasteiger partial charge on any atom is 0.306 e. The highest BCUT2D eigenvalue weighted by molar-refractivity contribution is 6.29. The van der Waals surface area contributed by atoms with Crippen molar-refractivity contribution >= 4 is 17.6 Å². The molecule has 0 heterocycles. The fourth-order valence-electron chi connectivity index (χ4n) is 2.68. The molecule has 16 heavy (non-hydrogen) atoms. The van der Waals surface area contributed by atoms with Crippen LogP contribution in [0.25, 0.3) is 0 Å². The molecule has 2 nitrogen and oxygen atoms in total. The highest BCUT2D eigenvalue weighted by atomic mass is 35.5. The van der Waals surface area contributed by atoms with Crippen LogP contribution in [0.1, 0.15) is 38.5 Å². The van der Waals surface area contributed by atoms with Crippen LogP contribution in [-0.2, 0) is 4.79 Å². The van der Waals surface area contributed by atoms with Crippen molar-refractivity contribution in [3.8, 4) is 0 Å². The molecule has 0 aromatic rings. The monoisotopic (exact) mass is 240 g/mol. The van der Waals surface area contributed by atoms with Crippen LogP contribution in [0.5, 0.6) is 0 Å². The lowest BCUT2D eigenvalue weighted by Gasteiger charge is -2.29. The number of carbonyl (C=O) groups is 1. The SMILES string of the molecule is O=C(O)C1CCC(C2=CC=C(Cl)CC2)CC1. The van der Waals surface area contributed by atoms with Gasteiger partial charge in [-0.1, -0.05) is 23.3 Å². The van der Waals surface area contributed by atoms with Gasteiger partial charge in [-0.15, -0.1) is 0 Å². The Morgan fingerprint density at radius 2 is 1.88 bits per heavy atom. The minimum Gasteiger partial charge on any atom is -0.481 e. The van der Waals surface area contributed by atoms with E-state index in [1.807, 2.05) is 6.08 Å². The zero-order valence-corrected chi connectivity index (χ0v) is 10.0. The van der Waals surface area contributed by atoms with Crippen LogP contribution in [0.15, 0.2) is 22.8 Å². The van der Waals surface area contributed by atoms with Gasteiger partial charge in [0.05, 0.1) is 5.92 Å². The van der Waals surface area contributed by atoms with E-state index in [-0.39, 0.29) is 5.92 Å². The molecule has 88 valence electrons. The summed E-state index contributed by atoms with van der Waals surface area (Å²) in [4.78, 5) is 10.8. The molecule has 1 saturated carbocycles. The number of hydrogen-bond acceptors (Lipinski definition) is 1. The Morgan fingerprint density at radius 1 is 1.19 bits per heavy atom. The van der Waals surface area contributed by atoms with Crippen molar-refractivity contribution in [1.82, 2.24) is 0 Å². The zero-order chi connectivity index (χ0) is 11.5. The van der Waals surface area contributed by atoms with E-state index in [1.165, 1.54) is 5.57 Å². The normalized spacial score (nSPS) is 30.6. The molecule has 0 saturated heterocycles. The lowest BCUT2D eigenvalue weighted by atomic mass is 9.76. The summed E-state index contributed by atoms with van der Waals surface area (Å²) in [6, 6.07) is 0. The highest BCUT2D eigenvalue weighted by Crippen LogP contribution is 2.37. The summed E-state index contributed by atoms with van der Waals surface area (Å²) in [6.07, 6.45) is 9.83. The van der Waals surface area contributed by atoms with E-state index in [2.05, 4.69) is 6.08 Å². The highest BCUT2D eigenvalue weighted by Gasteiger charge is 2.27. The minimum absolute atomic E-state index is 0.112. The average molecular weight is 241 g/mol. The molecule has 0 atom stereocenters. The standard InChI is InChI=1S/C13H17ClO2/c14-12-7-5-10(6-8-12)9-1-3-11(4-2-9)13(15)16/h5,7,9,11H,1-4,6,8H2,(H,15,16). The number of aliphatic carboxylic acids is 1. The van der Waals surface area contributed by atoms with E-state index in [1.54, 1.807) is 0 Å². The minimum atomic E-state index is -0.626. The molecular weight excluding hydrogens is 224 g/mol. The van der Waals surface area contributed by atoms with E-state index in [4.69, 9.17) is 16.7 Å². The zero-order valence-electron chi connectivity index (χ0n) is 9.29. The van der Waals surface area contributed by atoms with Crippen molar-refractivity contribution in [2.45, 2.75) is 38.5 Å². The molecule has 0 radical (unpaired) electrons. The third-order valence-corrected chi connectivity index (χ3v) is 4.05. The first-order valence-electron chi connectivity index (χ1n) is 5.94. The van der Waals surface area contributed by atoms with Crippen LogP contribution in [0, 0.1) is 11.8 Å². The van der Waals surface area contributed by atoms with Crippen molar-refractivity contribution in [3.63, 3.8) is 0 Å². The second-order valence-electron chi connectivity index (χ2n) is 4.74. The topological polar surface area (TPSA) is 37.3 Å². The molecule has 0 aromatic carbocycles. The molecule has 1 fully saturated rings. The van der Waals surface area contributed by atoms with Crippen molar-refractivity contribution in [1.29, 1.82) is 0 Å². The third kappa shape index (κ3) is 2.67. The summed E-state index contributed by atoms with van der Waals surface area (Å²) < 4.78 is 0. The van der Waals surface area contributed by atoms with Crippen molar-refractivity contribution in [3.05, 3.63) is 22.8 Å². The molecule has 0 spiro atoms. The van der Waals surface area contributed by atoms with Gasteiger partial charge in [0.15, 0.2) is 0 Å². The van der Waals surface area contributed by atoms with Crippen LogP contribution in [0.3, 0.4) is 0 Å². The molecule has 2 aliphatic carbocycles. The maximum atomic E-state index is 10.8. The first-order chi connectivity index (χ1) is 7.66. The van der Waals surface area contributed by atoms with Crippen LogP contribution in [-0.4, -0.2) is 11.1 Å². The quantitative estimate of drug-likeness (QED) is 0.799. The van der Waals surface area contributed by atoms with Gasteiger partial charge in [-0.05, 0) is 50.5 Å². The van der Waals surface area contributed by atoms with Gasteiger partial charge < -0.3 is 5.11 Å². The van der Waals surface area contributed by atoms with Gasteiger partial charge in [-0.25, -0.2) is 0 Å². The van der Waals surface area contributed by atoms with Crippen molar-refractivity contribution in [2.24, 2.45) is 11.8 Å². The lowest BCUT2D eigenvalue weighted by Crippen LogP contribution is -2.22. The summed E-state index contributed by atoms with van der Waals surface area (Å²) in [5.41, 5.74) is 1.47. The summed E-state index contributed by atoms with van der Waals surface area (Å²) in [6.45, 7) is 0. The Balaban J connectivity index is 1.92. The van der Waals surface area contributed by atoms with Gasteiger partial charge in [0.25, 0.3) is 0 Å². The molecule has 0 bridgehead atoms. The van der Waals surface area contributed by atoms with Crippen molar-refractivity contribution < 1.29 is 9.90 Å². The first-order valence-corrected chi connectivity index (χ1v) is 6.32. The smallest absolute Gasteiger partial charge is 0.306 e. The van der Waals surface area contributed by atoms with Gasteiger partial charge in [0, 0.05) is 5.03 Å². The summed E-state index contributed by atoms with van der Waals surface area (Å²) in [5.74, 6) is -0.143.